The predicted octanol–water partition coefficient (Wildman–Crippen LogP) is 18.2. The van der Waals surface area contributed by atoms with Crippen LogP contribution in [0.15, 0.2) is 24.3 Å². The lowest BCUT2D eigenvalue weighted by molar-refractivity contribution is -0.143. The molecule has 0 heterocycles. The Balaban J connectivity index is 3.47. The Morgan fingerprint density at radius 1 is 0.409 bits per heavy atom. The summed E-state index contributed by atoms with van der Waals surface area (Å²) in [4.78, 5) is 24.5. The molecular weight excluding hydrogens is 815 g/mol. The number of esters is 1. The van der Waals surface area contributed by atoms with E-state index >= 15 is 0 Å². The fraction of sp³-hybridized carbons (Fsp3) is 0.900. The molecule has 0 saturated carbocycles. The highest BCUT2D eigenvalue weighted by atomic mass is 16.5. The number of allylic oxidation sites excluding steroid dienone is 4. The number of ether oxygens (including phenoxy) is 1. The summed E-state index contributed by atoms with van der Waals surface area (Å²) in [6.07, 6.45) is 67.4. The second-order valence-electron chi connectivity index (χ2n) is 20.3. The van der Waals surface area contributed by atoms with Crippen molar-refractivity contribution in [3.8, 4) is 0 Å². The number of aliphatic hydroxyl groups excluding tert-OH is 2. The van der Waals surface area contributed by atoms with Crippen LogP contribution in [0.1, 0.15) is 322 Å². The Kier molecular flexibility index (Phi) is 54.5. The number of hydrogen-bond acceptors (Lipinski definition) is 5. The molecular formula is C60H115NO5. The molecule has 0 spiro atoms. The van der Waals surface area contributed by atoms with E-state index in [0.717, 1.165) is 70.6 Å². The Bertz CT molecular complexity index is 1030. The third kappa shape index (κ3) is 51.7. The summed E-state index contributed by atoms with van der Waals surface area (Å²) in [6, 6.07) is -0.554. The first-order chi connectivity index (χ1) is 32.5. The molecule has 0 aliphatic rings. The first kappa shape index (κ1) is 64.3. The molecule has 0 aromatic carbocycles. The number of aliphatic hydroxyl groups is 2. The van der Waals surface area contributed by atoms with E-state index in [-0.39, 0.29) is 18.5 Å². The van der Waals surface area contributed by atoms with Gasteiger partial charge in [0.1, 0.15) is 0 Å². The van der Waals surface area contributed by atoms with Crippen LogP contribution in [0, 0.1) is 0 Å². The van der Waals surface area contributed by atoms with Gasteiger partial charge in [-0.25, -0.2) is 0 Å². The van der Waals surface area contributed by atoms with E-state index in [1.165, 1.54) is 218 Å². The highest BCUT2D eigenvalue weighted by molar-refractivity contribution is 5.76. The average molecular weight is 931 g/mol. The molecule has 0 aromatic rings. The summed E-state index contributed by atoms with van der Waals surface area (Å²) in [5.74, 6) is -0.0655. The maximum absolute atomic E-state index is 12.5. The molecule has 0 saturated heterocycles. The number of nitrogens with one attached hydrogen (secondary N) is 1. The van der Waals surface area contributed by atoms with E-state index in [1.807, 2.05) is 0 Å². The Hall–Kier alpha value is -1.66. The van der Waals surface area contributed by atoms with E-state index < -0.39 is 12.1 Å². The molecule has 390 valence electrons. The zero-order chi connectivity index (χ0) is 47.9. The lowest BCUT2D eigenvalue weighted by atomic mass is 10.0. The number of carbonyl (C=O) groups excluding carboxylic acids is 2. The van der Waals surface area contributed by atoms with Gasteiger partial charge in [0.05, 0.1) is 25.4 Å². The zero-order valence-corrected chi connectivity index (χ0v) is 44.4. The molecule has 2 unspecified atom stereocenters. The van der Waals surface area contributed by atoms with Crippen LogP contribution in [0.2, 0.25) is 0 Å². The first-order valence-corrected chi connectivity index (χ1v) is 29.6. The predicted molar refractivity (Wildman–Crippen MR) is 287 cm³/mol. The van der Waals surface area contributed by atoms with Gasteiger partial charge in [-0.1, -0.05) is 256 Å². The standard InChI is InChI=1S/C60H115NO5/c1-3-5-7-9-11-13-15-17-19-20-21-22-25-28-32-36-40-44-48-52-58(63)57(56-62)61-59(64)53-49-45-41-37-33-29-26-23-27-31-35-39-43-47-51-55-66-60(65)54-50-46-42-38-34-30-24-18-16-14-12-10-8-6-4-2/h18,24,27,31,57-58,62-63H,3-17,19-23,25-26,28-30,32-56H2,1-2H3,(H,61,64)/b24-18-,31-27-. The van der Waals surface area contributed by atoms with Crippen molar-refractivity contribution in [1.29, 1.82) is 0 Å². The van der Waals surface area contributed by atoms with Gasteiger partial charge in [-0.15, -0.1) is 0 Å². The van der Waals surface area contributed by atoms with E-state index in [2.05, 4.69) is 43.5 Å². The Morgan fingerprint density at radius 2 is 0.712 bits per heavy atom. The number of rotatable bonds is 55. The van der Waals surface area contributed by atoms with Crippen molar-refractivity contribution in [2.75, 3.05) is 13.2 Å². The second-order valence-corrected chi connectivity index (χ2v) is 20.3. The molecule has 6 heteroatoms. The number of unbranched alkanes of at least 4 members (excludes halogenated alkanes) is 40. The zero-order valence-electron chi connectivity index (χ0n) is 44.4. The second kappa shape index (κ2) is 55.9. The third-order valence-corrected chi connectivity index (χ3v) is 13.7. The van der Waals surface area contributed by atoms with Crippen LogP contribution in [-0.4, -0.2) is 47.4 Å². The third-order valence-electron chi connectivity index (χ3n) is 13.7. The Morgan fingerprint density at radius 3 is 1.08 bits per heavy atom. The van der Waals surface area contributed by atoms with Gasteiger partial charge in [-0.05, 0) is 77.0 Å². The summed E-state index contributed by atoms with van der Waals surface area (Å²) >= 11 is 0. The molecule has 66 heavy (non-hydrogen) atoms. The average Bonchev–Trinajstić information content (AvgIpc) is 3.32. The molecule has 2 atom stereocenters. The molecule has 0 aliphatic heterocycles. The Labute approximate surface area is 411 Å². The smallest absolute Gasteiger partial charge is 0.305 e. The van der Waals surface area contributed by atoms with E-state index in [1.54, 1.807) is 0 Å². The monoisotopic (exact) mass is 930 g/mol. The van der Waals surface area contributed by atoms with E-state index in [0.29, 0.717) is 25.9 Å². The SMILES string of the molecule is CCCCCCCC/C=C\CCCCCCCC(=O)OCCCCCC/C=C\CCCCCCCCCC(=O)NC(CO)C(O)CCCCCCCCCCCCCCCCCCCCC. The minimum Gasteiger partial charge on any atom is -0.466 e. The number of hydrogen-bond donors (Lipinski definition) is 3. The minimum atomic E-state index is -0.675. The molecule has 6 nitrogen and oxygen atoms in total. The molecule has 0 fully saturated rings. The van der Waals surface area contributed by atoms with Crippen molar-refractivity contribution in [1.82, 2.24) is 5.32 Å². The quantitative estimate of drug-likeness (QED) is 0.0321. The van der Waals surface area contributed by atoms with Crippen LogP contribution in [0.3, 0.4) is 0 Å². The van der Waals surface area contributed by atoms with Gasteiger partial charge < -0.3 is 20.3 Å². The molecule has 0 rings (SSSR count). The number of amides is 1. The molecule has 0 aromatic heterocycles. The molecule has 3 N–H and O–H groups in total. The van der Waals surface area contributed by atoms with Crippen molar-refractivity contribution in [2.45, 2.75) is 334 Å². The van der Waals surface area contributed by atoms with Gasteiger partial charge in [0.2, 0.25) is 5.91 Å². The van der Waals surface area contributed by atoms with Gasteiger partial charge in [-0.2, -0.15) is 0 Å². The summed E-state index contributed by atoms with van der Waals surface area (Å²) in [5, 5.41) is 23.3. The van der Waals surface area contributed by atoms with Gasteiger partial charge in [0.25, 0.3) is 0 Å². The van der Waals surface area contributed by atoms with Crippen LogP contribution in [0.4, 0.5) is 0 Å². The summed E-state index contributed by atoms with van der Waals surface area (Å²) < 4.78 is 5.46. The summed E-state index contributed by atoms with van der Waals surface area (Å²) in [5.41, 5.74) is 0. The molecule has 1 amide bonds. The van der Waals surface area contributed by atoms with Crippen molar-refractivity contribution in [2.24, 2.45) is 0 Å². The maximum Gasteiger partial charge on any atom is 0.305 e. The van der Waals surface area contributed by atoms with Gasteiger partial charge in [0, 0.05) is 12.8 Å². The van der Waals surface area contributed by atoms with E-state index in [4.69, 9.17) is 4.74 Å². The van der Waals surface area contributed by atoms with Crippen LogP contribution >= 0.6 is 0 Å². The largest absolute Gasteiger partial charge is 0.466 e. The highest BCUT2D eigenvalue weighted by Crippen LogP contribution is 2.17. The maximum atomic E-state index is 12.5. The highest BCUT2D eigenvalue weighted by Gasteiger charge is 2.20. The lowest BCUT2D eigenvalue weighted by Crippen LogP contribution is -2.45. The topological polar surface area (TPSA) is 95.9 Å². The van der Waals surface area contributed by atoms with E-state index in [9.17, 15) is 19.8 Å². The molecule has 0 radical (unpaired) electrons. The fourth-order valence-corrected chi connectivity index (χ4v) is 9.16. The van der Waals surface area contributed by atoms with Crippen molar-refractivity contribution in [3.63, 3.8) is 0 Å². The van der Waals surface area contributed by atoms with Gasteiger partial charge >= 0.3 is 5.97 Å². The first-order valence-electron chi connectivity index (χ1n) is 29.6. The molecule has 0 aliphatic carbocycles. The molecule has 0 bridgehead atoms. The van der Waals surface area contributed by atoms with Crippen LogP contribution in [-0.2, 0) is 14.3 Å². The van der Waals surface area contributed by atoms with Gasteiger partial charge in [0.15, 0.2) is 0 Å². The van der Waals surface area contributed by atoms with Gasteiger partial charge in [-0.3, -0.25) is 9.59 Å². The van der Waals surface area contributed by atoms with Crippen molar-refractivity contribution < 1.29 is 24.5 Å². The summed E-state index contributed by atoms with van der Waals surface area (Å²) in [6.45, 7) is 4.93. The number of carbonyl (C=O) groups is 2. The normalized spacial score (nSPS) is 12.7. The van der Waals surface area contributed by atoms with Crippen molar-refractivity contribution >= 4 is 11.9 Å². The fourth-order valence-electron chi connectivity index (χ4n) is 9.16. The minimum absolute atomic E-state index is 0.0174. The lowest BCUT2D eigenvalue weighted by Gasteiger charge is -2.22. The van der Waals surface area contributed by atoms with Crippen LogP contribution in [0.5, 0.6) is 0 Å². The summed E-state index contributed by atoms with van der Waals surface area (Å²) in [7, 11) is 0. The van der Waals surface area contributed by atoms with Crippen LogP contribution < -0.4 is 5.32 Å². The van der Waals surface area contributed by atoms with Crippen molar-refractivity contribution in [3.05, 3.63) is 24.3 Å². The van der Waals surface area contributed by atoms with Crippen LogP contribution in [0.25, 0.3) is 0 Å².